The molecule has 5 heteroatoms. The van der Waals surface area contributed by atoms with Gasteiger partial charge >= 0.3 is 0 Å². The van der Waals surface area contributed by atoms with Crippen molar-refractivity contribution in [1.82, 2.24) is 14.3 Å². The minimum Gasteiger partial charge on any atom is -0.334 e. The number of imidazole rings is 1. The molecular weight excluding hydrogens is 324 g/mol. The van der Waals surface area contributed by atoms with E-state index in [1.54, 1.807) is 0 Å². The standard InChI is InChI=1S/C21H24N4O/c22-13-17-9-11-20-23-19(15-24(20)14-17)21(26)25-12-4-7-18(25)10-8-16-5-2-1-3-6-16/h1-3,5-6,9,11,14-15,18H,4,7-8,10,12-13,22H2. The summed E-state index contributed by atoms with van der Waals surface area (Å²) in [7, 11) is 0. The minimum absolute atomic E-state index is 0.0403. The molecule has 2 N–H and O–H groups in total. The Balaban J connectivity index is 1.49. The van der Waals surface area contributed by atoms with Gasteiger partial charge in [0.05, 0.1) is 0 Å². The van der Waals surface area contributed by atoms with E-state index in [-0.39, 0.29) is 5.91 Å². The Morgan fingerprint density at radius 3 is 2.77 bits per heavy atom. The van der Waals surface area contributed by atoms with Gasteiger partial charge in [0.2, 0.25) is 0 Å². The average Bonchev–Trinajstić information content (AvgIpc) is 3.32. The zero-order valence-corrected chi connectivity index (χ0v) is 14.8. The van der Waals surface area contributed by atoms with E-state index in [0.717, 1.165) is 43.4 Å². The van der Waals surface area contributed by atoms with Gasteiger partial charge in [0.1, 0.15) is 11.3 Å². The number of rotatable bonds is 5. The number of hydrogen-bond acceptors (Lipinski definition) is 3. The Kier molecular flexibility index (Phi) is 4.71. The summed E-state index contributed by atoms with van der Waals surface area (Å²) in [5.41, 5.74) is 9.35. The zero-order valence-electron chi connectivity index (χ0n) is 14.8. The lowest BCUT2D eigenvalue weighted by Gasteiger charge is -2.24. The van der Waals surface area contributed by atoms with Crippen molar-refractivity contribution in [3.63, 3.8) is 0 Å². The molecular formula is C21H24N4O. The number of benzene rings is 1. The van der Waals surface area contributed by atoms with E-state index in [2.05, 4.69) is 29.2 Å². The van der Waals surface area contributed by atoms with Crippen molar-refractivity contribution >= 4 is 11.6 Å². The van der Waals surface area contributed by atoms with Crippen LogP contribution in [-0.2, 0) is 13.0 Å². The first kappa shape index (κ1) is 16.8. The molecule has 0 spiro atoms. The maximum absolute atomic E-state index is 13.0. The summed E-state index contributed by atoms with van der Waals surface area (Å²) in [6.07, 6.45) is 7.90. The SMILES string of the molecule is NCc1ccc2nc(C(=O)N3CCCC3CCc3ccccc3)cn2c1. The molecule has 0 saturated carbocycles. The predicted octanol–water partition coefficient (Wildman–Crippen LogP) is 3.03. The lowest BCUT2D eigenvalue weighted by Crippen LogP contribution is -2.36. The third kappa shape index (κ3) is 3.35. The second kappa shape index (κ2) is 7.30. The molecule has 0 aliphatic carbocycles. The molecule has 1 saturated heterocycles. The first-order chi connectivity index (χ1) is 12.7. The number of aromatic nitrogens is 2. The van der Waals surface area contributed by atoms with Gasteiger partial charge in [0.15, 0.2) is 0 Å². The van der Waals surface area contributed by atoms with E-state index in [0.29, 0.717) is 18.3 Å². The highest BCUT2D eigenvalue weighted by Gasteiger charge is 2.30. The Bertz CT molecular complexity index is 903. The van der Waals surface area contributed by atoms with E-state index in [1.165, 1.54) is 5.56 Å². The van der Waals surface area contributed by atoms with Crippen molar-refractivity contribution in [1.29, 1.82) is 0 Å². The summed E-state index contributed by atoms with van der Waals surface area (Å²) >= 11 is 0. The highest BCUT2D eigenvalue weighted by molar-refractivity contribution is 5.93. The van der Waals surface area contributed by atoms with Gasteiger partial charge in [-0.25, -0.2) is 4.98 Å². The van der Waals surface area contributed by atoms with Crippen molar-refractivity contribution in [2.75, 3.05) is 6.54 Å². The number of nitrogens with zero attached hydrogens (tertiary/aromatic N) is 3. The van der Waals surface area contributed by atoms with Crippen molar-refractivity contribution in [2.45, 2.75) is 38.3 Å². The summed E-state index contributed by atoms with van der Waals surface area (Å²) < 4.78 is 1.89. The van der Waals surface area contributed by atoms with E-state index < -0.39 is 0 Å². The maximum Gasteiger partial charge on any atom is 0.274 e. The molecule has 1 aliphatic heterocycles. The van der Waals surface area contributed by atoms with Gasteiger partial charge in [-0.1, -0.05) is 36.4 Å². The monoisotopic (exact) mass is 348 g/mol. The Hall–Kier alpha value is -2.66. The molecule has 0 radical (unpaired) electrons. The highest BCUT2D eigenvalue weighted by atomic mass is 16.2. The molecule has 4 rings (SSSR count). The van der Waals surface area contributed by atoms with Crippen molar-refractivity contribution in [3.05, 3.63) is 71.7 Å². The number of aryl methyl sites for hydroxylation is 1. The Labute approximate surface area is 153 Å². The van der Waals surface area contributed by atoms with Crippen LogP contribution in [0.4, 0.5) is 0 Å². The number of carbonyl (C=O) groups is 1. The lowest BCUT2D eigenvalue weighted by molar-refractivity contribution is 0.0725. The molecule has 1 amide bonds. The van der Waals surface area contributed by atoms with E-state index in [1.807, 2.05) is 39.9 Å². The predicted molar refractivity (Wildman–Crippen MR) is 102 cm³/mol. The quantitative estimate of drug-likeness (QED) is 0.771. The molecule has 1 atom stereocenters. The van der Waals surface area contributed by atoms with Crippen LogP contribution in [0.5, 0.6) is 0 Å². The summed E-state index contributed by atoms with van der Waals surface area (Å²) in [5.74, 6) is 0.0403. The van der Waals surface area contributed by atoms with Gasteiger partial charge in [0, 0.05) is 31.5 Å². The molecule has 1 aliphatic rings. The number of hydrogen-bond donors (Lipinski definition) is 1. The Morgan fingerprint density at radius 2 is 1.96 bits per heavy atom. The summed E-state index contributed by atoms with van der Waals surface area (Å²) in [5, 5.41) is 0. The molecule has 0 bridgehead atoms. The van der Waals surface area contributed by atoms with Crippen LogP contribution in [0.15, 0.2) is 54.9 Å². The zero-order chi connectivity index (χ0) is 17.9. The third-order valence-electron chi connectivity index (χ3n) is 5.21. The normalized spacial score (nSPS) is 17.1. The number of amides is 1. The van der Waals surface area contributed by atoms with E-state index in [4.69, 9.17) is 5.73 Å². The number of likely N-dealkylation sites (tertiary alicyclic amines) is 1. The maximum atomic E-state index is 13.0. The fourth-order valence-corrected chi connectivity index (χ4v) is 3.79. The molecule has 3 aromatic rings. The van der Waals surface area contributed by atoms with Crippen molar-refractivity contribution < 1.29 is 4.79 Å². The highest BCUT2D eigenvalue weighted by Crippen LogP contribution is 2.24. The van der Waals surface area contributed by atoms with E-state index >= 15 is 0 Å². The summed E-state index contributed by atoms with van der Waals surface area (Å²) in [6, 6.07) is 14.6. The second-order valence-corrected chi connectivity index (χ2v) is 6.95. The van der Waals surface area contributed by atoms with Gasteiger partial charge in [-0.3, -0.25) is 4.79 Å². The molecule has 134 valence electrons. The molecule has 3 heterocycles. The molecule has 1 fully saturated rings. The van der Waals surface area contributed by atoms with Crippen molar-refractivity contribution in [2.24, 2.45) is 5.73 Å². The molecule has 1 unspecified atom stereocenters. The fraction of sp³-hybridized carbons (Fsp3) is 0.333. The topological polar surface area (TPSA) is 63.6 Å². The average molecular weight is 348 g/mol. The van der Waals surface area contributed by atoms with Crippen LogP contribution in [0.25, 0.3) is 5.65 Å². The van der Waals surface area contributed by atoms with E-state index in [9.17, 15) is 4.79 Å². The minimum atomic E-state index is 0.0403. The smallest absolute Gasteiger partial charge is 0.274 e. The Morgan fingerprint density at radius 1 is 1.12 bits per heavy atom. The third-order valence-corrected chi connectivity index (χ3v) is 5.21. The van der Waals surface area contributed by atoms with Crippen LogP contribution in [0.2, 0.25) is 0 Å². The second-order valence-electron chi connectivity index (χ2n) is 6.95. The summed E-state index contributed by atoms with van der Waals surface area (Å²) in [4.78, 5) is 19.5. The number of nitrogens with two attached hydrogens (primary N) is 1. The van der Waals surface area contributed by atoms with Crippen LogP contribution in [0, 0.1) is 0 Å². The molecule has 26 heavy (non-hydrogen) atoms. The van der Waals surface area contributed by atoms with Gasteiger partial charge < -0.3 is 15.0 Å². The first-order valence-corrected chi connectivity index (χ1v) is 9.27. The number of pyridine rings is 1. The largest absolute Gasteiger partial charge is 0.334 e. The van der Waals surface area contributed by atoms with Crippen LogP contribution in [-0.4, -0.2) is 32.8 Å². The number of carbonyl (C=O) groups excluding carboxylic acids is 1. The fourth-order valence-electron chi connectivity index (χ4n) is 3.79. The van der Waals surface area contributed by atoms with Gasteiger partial charge in [-0.15, -0.1) is 0 Å². The summed E-state index contributed by atoms with van der Waals surface area (Å²) in [6.45, 7) is 1.30. The van der Waals surface area contributed by atoms with Crippen LogP contribution in [0.1, 0.15) is 40.9 Å². The van der Waals surface area contributed by atoms with Crippen molar-refractivity contribution in [3.8, 4) is 0 Å². The molecule has 5 nitrogen and oxygen atoms in total. The lowest BCUT2D eigenvalue weighted by atomic mass is 10.0. The van der Waals surface area contributed by atoms with Crippen LogP contribution in [0.3, 0.4) is 0 Å². The van der Waals surface area contributed by atoms with Gasteiger partial charge in [-0.2, -0.15) is 0 Å². The first-order valence-electron chi connectivity index (χ1n) is 9.27. The molecule has 2 aromatic heterocycles. The van der Waals surface area contributed by atoms with Gasteiger partial charge in [0.25, 0.3) is 5.91 Å². The van der Waals surface area contributed by atoms with Gasteiger partial charge in [-0.05, 0) is 42.9 Å². The number of fused-ring (bicyclic) bond motifs is 1. The van der Waals surface area contributed by atoms with Crippen LogP contribution < -0.4 is 5.73 Å². The molecule has 1 aromatic carbocycles. The van der Waals surface area contributed by atoms with Crippen LogP contribution >= 0.6 is 0 Å².